The van der Waals surface area contributed by atoms with Gasteiger partial charge in [0.05, 0.1) is 12.5 Å². The van der Waals surface area contributed by atoms with Gasteiger partial charge in [-0.25, -0.2) is 0 Å². The van der Waals surface area contributed by atoms with Crippen LogP contribution in [0.3, 0.4) is 0 Å². The predicted octanol–water partition coefficient (Wildman–Crippen LogP) is 1.48. The molecule has 0 spiro atoms. The van der Waals surface area contributed by atoms with Crippen molar-refractivity contribution in [3.8, 4) is 0 Å². The van der Waals surface area contributed by atoms with Crippen LogP contribution in [0.1, 0.15) is 22.3 Å². The summed E-state index contributed by atoms with van der Waals surface area (Å²) in [6, 6.07) is 9.24. The van der Waals surface area contributed by atoms with Gasteiger partial charge in [-0.05, 0) is 30.2 Å². The molecule has 1 amide bonds. The molecule has 6 nitrogen and oxygen atoms in total. The molecule has 1 unspecified atom stereocenters. The Morgan fingerprint density at radius 1 is 1.27 bits per heavy atom. The molecule has 1 aromatic carbocycles. The predicted molar refractivity (Wildman–Crippen MR) is 79.4 cm³/mol. The first kappa shape index (κ1) is 14.3. The Morgan fingerprint density at radius 3 is 2.64 bits per heavy atom. The second kappa shape index (κ2) is 6.01. The molecule has 0 aliphatic carbocycles. The maximum Gasteiger partial charge on any atom is 0.308 e. The van der Waals surface area contributed by atoms with Crippen molar-refractivity contribution in [1.29, 1.82) is 0 Å². The fourth-order valence-electron chi connectivity index (χ4n) is 2.66. The largest absolute Gasteiger partial charge is 0.481 e. The molecule has 1 saturated heterocycles. The third kappa shape index (κ3) is 3.00. The topological polar surface area (TPSA) is 75.4 Å². The molecule has 3 rings (SSSR count). The number of hydrogen-bond donors (Lipinski definition) is 1. The second-order valence-electron chi connectivity index (χ2n) is 5.48. The van der Waals surface area contributed by atoms with E-state index in [-0.39, 0.29) is 5.91 Å². The van der Waals surface area contributed by atoms with Gasteiger partial charge >= 0.3 is 5.97 Å². The number of aliphatic carboxylic acids is 1. The van der Waals surface area contributed by atoms with Gasteiger partial charge in [-0.3, -0.25) is 14.3 Å². The standard InChI is InChI=1S/C16H17N3O3/c20-15(18-9-6-14(11-18)16(21)22)13-4-2-12(3-5-13)10-19-8-1-7-17-19/h1-5,7-8,14H,6,9-11H2,(H,21,22). The van der Waals surface area contributed by atoms with Gasteiger partial charge in [-0.1, -0.05) is 12.1 Å². The molecule has 1 aliphatic heterocycles. The molecule has 2 aromatic rings. The maximum absolute atomic E-state index is 12.4. The highest BCUT2D eigenvalue weighted by molar-refractivity contribution is 5.94. The molecule has 1 atom stereocenters. The van der Waals surface area contributed by atoms with Gasteiger partial charge in [0, 0.05) is 31.0 Å². The summed E-state index contributed by atoms with van der Waals surface area (Å²) >= 11 is 0. The van der Waals surface area contributed by atoms with Crippen LogP contribution in [0.5, 0.6) is 0 Å². The van der Waals surface area contributed by atoms with Crippen molar-refractivity contribution in [2.24, 2.45) is 5.92 Å². The van der Waals surface area contributed by atoms with E-state index in [1.54, 1.807) is 23.2 Å². The van der Waals surface area contributed by atoms with Gasteiger partial charge in [0.25, 0.3) is 5.91 Å². The number of carbonyl (C=O) groups is 2. The van der Waals surface area contributed by atoms with Crippen molar-refractivity contribution < 1.29 is 14.7 Å². The molecule has 1 fully saturated rings. The van der Waals surface area contributed by atoms with Crippen molar-refractivity contribution >= 4 is 11.9 Å². The number of aromatic nitrogens is 2. The quantitative estimate of drug-likeness (QED) is 0.928. The highest BCUT2D eigenvalue weighted by Crippen LogP contribution is 2.19. The van der Waals surface area contributed by atoms with Crippen LogP contribution in [-0.2, 0) is 11.3 Å². The smallest absolute Gasteiger partial charge is 0.308 e. The zero-order chi connectivity index (χ0) is 15.5. The summed E-state index contributed by atoms with van der Waals surface area (Å²) in [7, 11) is 0. The summed E-state index contributed by atoms with van der Waals surface area (Å²) in [6.07, 6.45) is 4.14. The number of hydrogen-bond acceptors (Lipinski definition) is 3. The lowest BCUT2D eigenvalue weighted by molar-refractivity contribution is -0.141. The van der Waals surface area contributed by atoms with Crippen molar-refractivity contribution in [2.45, 2.75) is 13.0 Å². The number of carboxylic acid groups (broad SMARTS) is 1. The number of carbonyl (C=O) groups excluding carboxylic acids is 1. The molecule has 114 valence electrons. The third-order valence-electron chi connectivity index (χ3n) is 3.93. The average molecular weight is 299 g/mol. The lowest BCUT2D eigenvalue weighted by Crippen LogP contribution is -2.29. The molecule has 1 aliphatic rings. The van der Waals surface area contributed by atoms with Crippen LogP contribution in [0.15, 0.2) is 42.7 Å². The Morgan fingerprint density at radius 2 is 2.05 bits per heavy atom. The molecule has 1 N–H and O–H groups in total. The van der Waals surface area contributed by atoms with E-state index in [2.05, 4.69) is 5.10 Å². The number of benzene rings is 1. The van der Waals surface area contributed by atoms with Gasteiger partial charge in [-0.15, -0.1) is 0 Å². The van der Waals surface area contributed by atoms with Gasteiger partial charge in [0.1, 0.15) is 0 Å². The number of nitrogens with zero attached hydrogens (tertiary/aromatic N) is 3. The normalized spacial score (nSPS) is 17.6. The molecule has 2 heterocycles. The molecule has 1 aromatic heterocycles. The zero-order valence-electron chi connectivity index (χ0n) is 12.1. The Labute approximate surface area is 128 Å². The highest BCUT2D eigenvalue weighted by atomic mass is 16.4. The average Bonchev–Trinajstić information content (AvgIpc) is 3.18. The third-order valence-corrected chi connectivity index (χ3v) is 3.93. The highest BCUT2D eigenvalue weighted by Gasteiger charge is 2.31. The monoisotopic (exact) mass is 299 g/mol. The first-order valence-electron chi connectivity index (χ1n) is 7.22. The Kier molecular flexibility index (Phi) is 3.91. The van der Waals surface area contributed by atoms with Crippen molar-refractivity contribution in [3.63, 3.8) is 0 Å². The molecule has 6 heteroatoms. The van der Waals surface area contributed by atoms with Gasteiger partial charge in [0.2, 0.25) is 0 Å². The second-order valence-corrected chi connectivity index (χ2v) is 5.48. The lowest BCUT2D eigenvalue weighted by Gasteiger charge is -2.16. The SMILES string of the molecule is O=C(O)C1CCN(C(=O)c2ccc(Cn3cccn3)cc2)C1. The molecular formula is C16H17N3O3. The Hall–Kier alpha value is -2.63. The summed E-state index contributed by atoms with van der Waals surface area (Å²) < 4.78 is 1.81. The van der Waals surface area contributed by atoms with Crippen LogP contribution < -0.4 is 0 Å². The van der Waals surface area contributed by atoms with Gasteiger partial charge in [-0.2, -0.15) is 5.10 Å². The first-order chi connectivity index (χ1) is 10.6. The summed E-state index contributed by atoms with van der Waals surface area (Å²) in [5.41, 5.74) is 1.65. The van der Waals surface area contributed by atoms with E-state index in [1.807, 2.05) is 29.1 Å². The minimum Gasteiger partial charge on any atom is -0.481 e. The zero-order valence-corrected chi connectivity index (χ0v) is 12.1. The van der Waals surface area contributed by atoms with Gasteiger partial charge < -0.3 is 10.0 Å². The number of likely N-dealkylation sites (tertiary alicyclic amines) is 1. The van der Waals surface area contributed by atoms with E-state index >= 15 is 0 Å². The van der Waals surface area contributed by atoms with Gasteiger partial charge in [0.15, 0.2) is 0 Å². The van der Waals surface area contributed by atoms with Crippen LogP contribution in [0, 0.1) is 5.92 Å². The number of carboxylic acids is 1. The minimum atomic E-state index is -0.829. The van der Waals surface area contributed by atoms with Crippen LogP contribution >= 0.6 is 0 Å². The van der Waals surface area contributed by atoms with Crippen molar-refractivity contribution in [3.05, 3.63) is 53.9 Å². The van der Waals surface area contributed by atoms with E-state index in [9.17, 15) is 9.59 Å². The summed E-state index contributed by atoms with van der Waals surface area (Å²) in [6.45, 7) is 1.46. The number of amides is 1. The van der Waals surface area contributed by atoms with E-state index < -0.39 is 11.9 Å². The van der Waals surface area contributed by atoms with Crippen LogP contribution in [-0.4, -0.2) is 44.8 Å². The maximum atomic E-state index is 12.4. The fourth-order valence-corrected chi connectivity index (χ4v) is 2.66. The first-order valence-corrected chi connectivity index (χ1v) is 7.22. The summed E-state index contributed by atoms with van der Waals surface area (Å²) in [5.74, 6) is -1.37. The van der Waals surface area contributed by atoms with Crippen LogP contribution in [0.25, 0.3) is 0 Å². The van der Waals surface area contributed by atoms with Crippen molar-refractivity contribution in [2.75, 3.05) is 13.1 Å². The molecule has 0 radical (unpaired) electrons. The molecule has 0 bridgehead atoms. The van der Waals surface area contributed by atoms with Crippen LogP contribution in [0.2, 0.25) is 0 Å². The summed E-state index contributed by atoms with van der Waals surface area (Å²) in [4.78, 5) is 24.9. The molecule has 0 saturated carbocycles. The van der Waals surface area contributed by atoms with Crippen molar-refractivity contribution in [1.82, 2.24) is 14.7 Å². The Balaban J connectivity index is 1.65. The fraction of sp³-hybridized carbons (Fsp3) is 0.312. The van der Waals surface area contributed by atoms with E-state index in [0.717, 1.165) is 5.56 Å². The summed E-state index contributed by atoms with van der Waals surface area (Å²) in [5, 5.41) is 13.1. The minimum absolute atomic E-state index is 0.102. The van der Waals surface area contributed by atoms with Crippen LogP contribution in [0.4, 0.5) is 0 Å². The van der Waals surface area contributed by atoms with E-state index in [4.69, 9.17) is 5.11 Å². The lowest BCUT2D eigenvalue weighted by atomic mass is 10.1. The van der Waals surface area contributed by atoms with E-state index in [0.29, 0.717) is 31.6 Å². The number of rotatable bonds is 4. The molecular weight excluding hydrogens is 282 g/mol. The Bertz CT molecular complexity index is 664. The van der Waals surface area contributed by atoms with E-state index in [1.165, 1.54) is 0 Å². The molecule has 22 heavy (non-hydrogen) atoms.